The minimum absolute atomic E-state index is 0.0902. The number of rotatable bonds is 3. The summed E-state index contributed by atoms with van der Waals surface area (Å²) in [6, 6.07) is 10.2. The third-order valence-electron chi connectivity index (χ3n) is 2.83. The van der Waals surface area contributed by atoms with Crippen LogP contribution < -0.4 is 10.9 Å². The molecule has 4 nitrogen and oxygen atoms in total. The third-order valence-corrected chi connectivity index (χ3v) is 3.83. The predicted octanol–water partition coefficient (Wildman–Crippen LogP) is 2.62. The molecule has 0 bridgehead atoms. The number of nitrogens with one attached hydrogen (secondary N) is 2. The van der Waals surface area contributed by atoms with Crippen LogP contribution in [0.15, 0.2) is 35.1 Å². The van der Waals surface area contributed by atoms with Gasteiger partial charge in [0.25, 0.3) is 5.56 Å². The summed E-state index contributed by atoms with van der Waals surface area (Å²) in [4.78, 5) is 19.2. The zero-order chi connectivity index (χ0) is 12.5. The Kier molecular flexibility index (Phi) is 3.07. The summed E-state index contributed by atoms with van der Waals surface area (Å²) >= 11 is 2.04. The number of halogens is 1. The fourth-order valence-corrected chi connectivity index (χ4v) is 2.30. The van der Waals surface area contributed by atoms with Gasteiger partial charge in [0.05, 0.1) is 5.69 Å². The molecule has 0 amide bonds. The van der Waals surface area contributed by atoms with Gasteiger partial charge < -0.3 is 5.32 Å². The van der Waals surface area contributed by atoms with E-state index >= 15 is 0 Å². The first-order chi connectivity index (χ1) is 8.74. The summed E-state index contributed by atoms with van der Waals surface area (Å²) in [6.45, 7) is 0. The number of aromatic nitrogens is 2. The normalized spacial score (nSPS) is 14.5. The quantitative estimate of drug-likeness (QED) is 0.835. The second-order valence-electron chi connectivity index (χ2n) is 4.36. The second-order valence-corrected chi connectivity index (χ2v) is 5.44. The highest BCUT2D eigenvalue weighted by molar-refractivity contribution is 14.1. The third kappa shape index (κ3) is 2.40. The SMILES string of the molecule is O=c1[nH]c(NC2CC2)nc(-c2ccccc2)c1I. The van der Waals surface area contributed by atoms with E-state index in [4.69, 9.17) is 0 Å². The monoisotopic (exact) mass is 353 g/mol. The molecule has 1 aliphatic rings. The first-order valence-corrected chi connectivity index (χ1v) is 6.93. The van der Waals surface area contributed by atoms with Crippen molar-refractivity contribution in [2.75, 3.05) is 5.32 Å². The molecular weight excluding hydrogens is 341 g/mol. The molecule has 1 heterocycles. The number of nitrogens with zero attached hydrogens (tertiary/aromatic N) is 1. The lowest BCUT2D eigenvalue weighted by Gasteiger charge is -2.08. The van der Waals surface area contributed by atoms with Crippen molar-refractivity contribution >= 4 is 28.5 Å². The highest BCUT2D eigenvalue weighted by atomic mass is 127. The van der Waals surface area contributed by atoms with E-state index in [0.29, 0.717) is 15.6 Å². The molecule has 5 heteroatoms. The average molecular weight is 353 g/mol. The van der Waals surface area contributed by atoms with Crippen LogP contribution in [0.4, 0.5) is 5.95 Å². The zero-order valence-corrected chi connectivity index (χ0v) is 11.8. The van der Waals surface area contributed by atoms with E-state index in [0.717, 1.165) is 24.1 Å². The lowest BCUT2D eigenvalue weighted by molar-refractivity contribution is 1.03. The maximum absolute atomic E-state index is 11.9. The fraction of sp³-hybridized carbons (Fsp3) is 0.231. The van der Waals surface area contributed by atoms with Crippen LogP contribution in [0.2, 0.25) is 0 Å². The van der Waals surface area contributed by atoms with Crippen LogP contribution in [0.5, 0.6) is 0 Å². The van der Waals surface area contributed by atoms with Crippen LogP contribution in [-0.2, 0) is 0 Å². The van der Waals surface area contributed by atoms with Gasteiger partial charge in [-0.05, 0) is 35.4 Å². The minimum atomic E-state index is -0.0902. The number of benzene rings is 1. The fourth-order valence-electron chi connectivity index (χ4n) is 1.74. The van der Waals surface area contributed by atoms with Crippen LogP contribution in [-0.4, -0.2) is 16.0 Å². The van der Waals surface area contributed by atoms with Gasteiger partial charge in [0.15, 0.2) is 0 Å². The Morgan fingerprint density at radius 3 is 2.67 bits per heavy atom. The molecule has 18 heavy (non-hydrogen) atoms. The van der Waals surface area contributed by atoms with Crippen molar-refractivity contribution in [3.8, 4) is 11.3 Å². The second kappa shape index (κ2) is 4.72. The van der Waals surface area contributed by atoms with E-state index in [1.807, 2.05) is 52.9 Å². The summed E-state index contributed by atoms with van der Waals surface area (Å²) in [5.74, 6) is 0.571. The maximum Gasteiger partial charge on any atom is 0.266 e. The van der Waals surface area contributed by atoms with E-state index in [-0.39, 0.29) is 5.56 Å². The number of anilines is 1. The lowest BCUT2D eigenvalue weighted by Crippen LogP contribution is -2.17. The molecule has 1 aromatic carbocycles. The maximum atomic E-state index is 11.9. The van der Waals surface area contributed by atoms with E-state index in [2.05, 4.69) is 15.3 Å². The Bertz CT molecular complexity index is 620. The highest BCUT2D eigenvalue weighted by Gasteiger charge is 2.22. The van der Waals surface area contributed by atoms with Crippen molar-refractivity contribution in [2.24, 2.45) is 0 Å². The number of H-pyrrole nitrogens is 1. The first kappa shape index (κ1) is 11.7. The minimum Gasteiger partial charge on any atom is -0.353 e. The average Bonchev–Trinajstić information content (AvgIpc) is 3.18. The molecule has 2 aromatic rings. The smallest absolute Gasteiger partial charge is 0.266 e. The van der Waals surface area contributed by atoms with Crippen LogP contribution >= 0.6 is 22.6 Å². The largest absolute Gasteiger partial charge is 0.353 e. The Morgan fingerprint density at radius 1 is 1.28 bits per heavy atom. The molecule has 3 rings (SSSR count). The summed E-state index contributed by atoms with van der Waals surface area (Å²) in [7, 11) is 0. The van der Waals surface area contributed by atoms with E-state index in [9.17, 15) is 4.79 Å². The van der Waals surface area contributed by atoms with Gasteiger partial charge in [-0.2, -0.15) is 0 Å². The van der Waals surface area contributed by atoms with E-state index in [1.54, 1.807) is 0 Å². The molecule has 0 radical (unpaired) electrons. The molecule has 0 saturated heterocycles. The van der Waals surface area contributed by atoms with Crippen LogP contribution in [0.1, 0.15) is 12.8 Å². The molecule has 1 aliphatic carbocycles. The Labute approximate surface area is 118 Å². The molecule has 1 aromatic heterocycles. The summed E-state index contributed by atoms with van der Waals surface area (Å²) in [5.41, 5.74) is 1.61. The topological polar surface area (TPSA) is 57.8 Å². The van der Waals surface area contributed by atoms with E-state index in [1.165, 1.54) is 0 Å². The standard InChI is InChI=1S/C13H12IN3O/c14-10-11(8-4-2-1-3-5-8)16-13(17-12(10)18)15-9-6-7-9/h1-5,9H,6-7H2,(H2,15,16,17,18). The molecule has 0 unspecified atom stereocenters. The van der Waals surface area contributed by atoms with Gasteiger partial charge >= 0.3 is 0 Å². The molecule has 0 spiro atoms. The van der Waals surface area contributed by atoms with Crippen molar-refractivity contribution in [1.29, 1.82) is 0 Å². The highest BCUT2D eigenvalue weighted by Crippen LogP contribution is 2.25. The van der Waals surface area contributed by atoms with Gasteiger partial charge in [-0.1, -0.05) is 30.3 Å². The molecular formula is C13H12IN3O. The lowest BCUT2D eigenvalue weighted by atomic mass is 10.1. The molecule has 0 aliphatic heterocycles. The summed E-state index contributed by atoms with van der Waals surface area (Å²) in [6.07, 6.45) is 2.30. The number of hydrogen-bond donors (Lipinski definition) is 2. The Balaban J connectivity index is 2.06. The first-order valence-electron chi connectivity index (χ1n) is 5.86. The van der Waals surface area contributed by atoms with Gasteiger partial charge in [-0.15, -0.1) is 0 Å². The van der Waals surface area contributed by atoms with Gasteiger partial charge in [0.1, 0.15) is 3.57 Å². The van der Waals surface area contributed by atoms with Crippen molar-refractivity contribution in [3.63, 3.8) is 0 Å². The van der Waals surface area contributed by atoms with Gasteiger partial charge in [0.2, 0.25) is 5.95 Å². The van der Waals surface area contributed by atoms with E-state index < -0.39 is 0 Å². The van der Waals surface area contributed by atoms with Crippen LogP contribution in [0.3, 0.4) is 0 Å². The number of aromatic amines is 1. The molecule has 92 valence electrons. The van der Waals surface area contributed by atoms with Crippen LogP contribution in [0, 0.1) is 3.57 Å². The van der Waals surface area contributed by atoms with Gasteiger partial charge in [-0.3, -0.25) is 9.78 Å². The van der Waals surface area contributed by atoms with Crippen molar-refractivity contribution in [1.82, 2.24) is 9.97 Å². The molecule has 2 N–H and O–H groups in total. The van der Waals surface area contributed by atoms with Crippen molar-refractivity contribution in [3.05, 3.63) is 44.3 Å². The Hall–Kier alpha value is -1.37. The predicted molar refractivity (Wildman–Crippen MR) is 79.7 cm³/mol. The molecule has 1 saturated carbocycles. The molecule has 0 atom stereocenters. The molecule has 1 fully saturated rings. The van der Waals surface area contributed by atoms with Gasteiger partial charge in [0, 0.05) is 11.6 Å². The Morgan fingerprint density at radius 2 is 2.00 bits per heavy atom. The number of hydrogen-bond acceptors (Lipinski definition) is 3. The summed E-state index contributed by atoms with van der Waals surface area (Å²) < 4.78 is 0.625. The van der Waals surface area contributed by atoms with Crippen molar-refractivity contribution < 1.29 is 0 Å². The van der Waals surface area contributed by atoms with Crippen LogP contribution in [0.25, 0.3) is 11.3 Å². The summed E-state index contributed by atoms with van der Waals surface area (Å²) in [5, 5.41) is 3.22. The zero-order valence-electron chi connectivity index (χ0n) is 9.61. The van der Waals surface area contributed by atoms with Gasteiger partial charge in [-0.25, -0.2) is 4.98 Å². The van der Waals surface area contributed by atoms with Crippen molar-refractivity contribution in [2.45, 2.75) is 18.9 Å².